The lowest BCUT2D eigenvalue weighted by Gasteiger charge is -2.09. The Labute approximate surface area is 166 Å². The molecule has 3 heterocycles. The molecule has 29 heavy (non-hydrogen) atoms. The van der Waals surface area contributed by atoms with E-state index < -0.39 is 0 Å². The number of anilines is 3. The van der Waals surface area contributed by atoms with Crippen molar-refractivity contribution >= 4 is 22.8 Å². The number of hydrogen-bond donors (Lipinski definition) is 2. The van der Waals surface area contributed by atoms with E-state index in [9.17, 15) is 4.79 Å². The molecule has 3 N–H and O–H groups in total. The Kier molecular flexibility index (Phi) is 4.55. The normalized spacial score (nSPS) is 10.9. The standard InChI is InChI=1S/C20H20N6O3/c1-25-9-12(6-14(21)20(25)27)15-10-26-11-18(24-19(26)8-22-15)23-13-4-5-16(28-2)17(7-13)29-3/h4-11,23H,21H2,1-3H3. The number of pyridine rings is 1. The quantitative estimate of drug-likeness (QED) is 0.537. The molecule has 0 saturated carbocycles. The number of nitrogens with zero attached hydrogens (tertiary/aromatic N) is 4. The third-order valence-corrected chi connectivity index (χ3v) is 4.50. The third-order valence-electron chi connectivity index (χ3n) is 4.50. The van der Waals surface area contributed by atoms with Gasteiger partial charge in [0.15, 0.2) is 17.1 Å². The van der Waals surface area contributed by atoms with Gasteiger partial charge >= 0.3 is 0 Å². The van der Waals surface area contributed by atoms with Gasteiger partial charge in [-0.15, -0.1) is 0 Å². The summed E-state index contributed by atoms with van der Waals surface area (Å²) in [5.41, 5.74) is 8.64. The molecule has 4 rings (SSSR count). The van der Waals surface area contributed by atoms with Crippen molar-refractivity contribution in [3.63, 3.8) is 0 Å². The van der Waals surface area contributed by atoms with E-state index in [1.165, 1.54) is 4.57 Å². The molecule has 4 aromatic rings. The number of imidazole rings is 1. The van der Waals surface area contributed by atoms with Crippen LogP contribution >= 0.6 is 0 Å². The van der Waals surface area contributed by atoms with Gasteiger partial charge < -0.3 is 29.5 Å². The molecule has 1 aromatic carbocycles. The zero-order valence-corrected chi connectivity index (χ0v) is 16.2. The monoisotopic (exact) mass is 392 g/mol. The number of aromatic nitrogens is 4. The van der Waals surface area contributed by atoms with Gasteiger partial charge in [-0.05, 0) is 18.2 Å². The van der Waals surface area contributed by atoms with E-state index in [0.29, 0.717) is 28.7 Å². The Morgan fingerprint density at radius 2 is 1.86 bits per heavy atom. The molecule has 148 valence electrons. The van der Waals surface area contributed by atoms with Crippen molar-refractivity contribution < 1.29 is 9.47 Å². The summed E-state index contributed by atoms with van der Waals surface area (Å²) in [7, 11) is 4.84. The van der Waals surface area contributed by atoms with Crippen LogP contribution in [0.4, 0.5) is 17.2 Å². The zero-order chi connectivity index (χ0) is 20.5. The maximum Gasteiger partial charge on any atom is 0.273 e. The Morgan fingerprint density at radius 3 is 2.59 bits per heavy atom. The number of benzene rings is 1. The van der Waals surface area contributed by atoms with Crippen molar-refractivity contribution in [2.45, 2.75) is 0 Å². The Morgan fingerprint density at radius 1 is 1.07 bits per heavy atom. The predicted octanol–water partition coefficient (Wildman–Crippen LogP) is 2.44. The van der Waals surface area contributed by atoms with Gasteiger partial charge in [-0.1, -0.05) is 0 Å². The first-order valence-electron chi connectivity index (χ1n) is 8.79. The molecule has 0 radical (unpaired) electrons. The van der Waals surface area contributed by atoms with Gasteiger partial charge in [-0.3, -0.25) is 9.78 Å². The topological polar surface area (TPSA) is 109 Å². The average Bonchev–Trinajstić information content (AvgIpc) is 3.12. The zero-order valence-electron chi connectivity index (χ0n) is 16.2. The van der Waals surface area contributed by atoms with Gasteiger partial charge in [0, 0.05) is 36.8 Å². The van der Waals surface area contributed by atoms with E-state index in [4.69, 9.17) is 15.2 Å². The lowest BCUT2D eigenvalue weighted by atomic mass is 10.2. The van der Waals surface area contributed by atoms with Gasteiger partial charge in [-0.25, -0.2) is 4.98 Å². The molecule has 0 unspecified atom stereocenters. The number of ether oxygens (including phenoxy) is 2. The second kappa shape index (κ2) is 7.19. The van der Waals surface area contributed by atoms with Crippen LogP contribution in [0, 0.1) is 0 Å². The molecule has 0 bridgehead atoms. The minimum absolute atomic E-state index is 0.174. The molecule has 0 atom stereocenters. The van der Waals surface area contributed by atoms with E-state index in [0.717, 1.165) is 11.3 Å². The maximum absolute atomic E-state index is 11.8. The van der Waals surface area contributed by atoms with E-state index in [2.05, 4.69) is 15.3 Å². The van der Waals surface area contributed by atoms with Crippen LogP contribution in [0.2, 0.25) is 0 Å². The SMILES string of the molecule is COc1ccc(Nc2cn3cc(-c4cc(N)c(=O)n(C)c4)ncc3n2)cc1OC. The number of hydrogen-bond acceptors (Lipinski definition) is 7. The minimum atomic E-state index is -0.237. The second-order valence-electron chi connectivity index (χ2n) is 6.46. The van der Waals surface area contributed by atoms with Crippen molar-refractivity contribution in [1.29, 1.82) is 0 Å². The van der Waals surface area contributed by atoms with Crippen LogP contribution in [0.3, 0.4) is 0 Å². The summed E-state index contributed by atoms with van der Waals surface area (Å²) in [4.78, 5) is 20.8. The lowest BCUT2D eigenvalue weighted by Crippen LogP contribution is -2.19. The van der Waals surface area contributed by atoms with Gasteiger partial charge in [0.25, 0.3) is 5.56 Å². The molecule has 0 amide bonds. The van der Waals surface area contributed by atoms with Crippen LogP contribution < -0.4 is 26.1 Å². The Hall–Kier alpha value is -4.01. The van der Waals surface area contributed by atoms with Crippen LogP contribution in [-0.2, 0) is 7.05 Å². The van der Waals surface area contributed by atoms with Crippen molar-refractivity contribution in [2.24, 2.45) is 7.05 Å². The number of nitrogen functional groups attached to an aromatic ring is 1. The summed E-state index contributed by atoms with van der Waals surface area (Å²) in [5, 5.41) is 3.24. The first-order chi connectivity index (χ1) is 14.0. The molecular weight excluding hydrogens is 372 g/mol. The van der Waals surface area contributed by atoms with E-state index in [-0.39, 0.29) is 11.2 Å². The number of methoxy groups -OCH3 is 2. The fourth-order valence-corrected chi connectivity index (χ4v) is 3.05. The largest absolute Gasteiger partial charge is 0.493 e. The Balaban J connectivity index is 1.66. The molecule has 0 aliphatic carbocycles. The molecule has 0 aliphatic rings. The fraction of sp³-hybridized carbons (Fsp3) is 0.150. The van der Waals surface area contributed by atoms with Crippen LogP contribution in [0.15, 0.2) is 53.8 Å². The van der Waals surface area contributed by atoms with Crippen molar-refractivity contribution in [3.8, 4) is 22.8 Å². The van der Waals surface area contributed by atoms with Crippen LogP contribution in [0.5, 0.6) is 11.5 Å². The first-order valence-corrected chi connectivity index (χ1v) is 8.79. The van der Waals surface area contributed by atoms with Crippen LogP contribution in [-0.4, -0.2) is 33.2 Å². The van der Waals surface area contributed by atoms with Gasteiger partial charge in [0.2, 0.25) is 0 Å². The van der Waals surface area contributed by atoms with Crippen molar-refractivity contribution in [2.75, 3.05) is 25.3 Å². The van der Waals surface area contributed by atoms with Crippen LogP contribution in [0.1, 0.15) is 0 Å². The number of aryl methyl sites for hydroxylation is 1. The minimum Gasteiger partial charge on any atom is -0.493 e. The number of nitrogens with one attached hydrogen (secondary N) is 1. The van der Waals surface area contributed by atoms with Gasteiger partial charge in [0.05, 0.1) is 38.0 Å². The molecule has 3 aromatic heterocycles. The molecule has 9 heteroatoms. The number of nitrogens with two attached hydrogens (primary N) is 1. The summed E-state index contributed by atoms with van der Waals surface area (Å²) in [6.45, 7) is 0. The molecule has 0 spiro atoms. The summed E-state index contributed by atoms with van der Waals surface area (Å²) >= 11 is 0. The smallest absolute Gasteiger partial charge is 0.273 e. The predicted molar refractivity (Wildman–Crippen MR) is 111 cm³/mol. The lowest BCUT2D eigenvalue weighted by molar-refractivity contribution is 0.355. The molecule has 0 fully saturated rings. The highest BCUT2D eigenvalue weighted by Gasteiger charge is 2.09. The summed E-state index contributed by atoms with van der Waals surface area (Å²) in [6, 6.07) is 7.15. The summed E-state index contributed by atoms with van der Waals surface area (Å²) in [6.07, 6.45) is 7.05. The maximum atomic E-state index is 11.8. The first kappa shape index (κ1) is 18.4. The highest BCUT2D eigenvalue weighted by molar-refractivity contribution is 5.65. The fourth-order valence-electron chi connectivity index (χ4n) is 3.05. The molecule has 9 nitrogen and oxygen atoms in total. The van der Waals surface area contributed by atoms with Crippen molar-refractivity contribution in [3.05, 3.63) is 59.4 Å². The van der Waals surface area contributed by atoms with Crippen LogP contribution in [0.25, 0.3) is 16.9 Å². The average molecular weight is 392 g/mol. The summed E-state index contributed by atoms with van der Waals surface area (Å²) in [5.74, 6) is 1.92. The van der Waals surface area contributed by atoms with E-state index in [1.807, 2.05) is 35.0 Å². The second-order valence-corrected chi connectivity index (χ2v) is 6.46. The Bertz CT molecular complexity index is 1230. The van der Waals surface area contributed by atoms with Gasteiger partial charge in [-0.2, -0.15) is 0 Å². The van der Waals surface area contributed by atoms with E-state index >= 15 is 0 Å². The summed E-state index contributed by atoms with van der Waals surface area (Å²) < 4.78 is 13.9. The molecule has 0 saturated heterocycles. The number of fused-ring (bicyclic) bond motifs is 1. The molecule has 0 aliphatic heterocycles. The highest BCUT2D eigenvalue weighted by atomic mass is 16.5. The third kappa shape index (κ3) is 3.45. The van der Waals surface area contributed by atoms with Crippen molar-refractivity contribution in [1.82, 2.24) is 18.9 Å². The van der Waals surface area contributed by atoms with Gasteiger partial charge in [0.1, 0.15) is 5.82 Å². The van der Waals surface area contributed by atoms with E-state index in [1.54, 1.807) is 39.7 Å². The number of rotatable bonds is 5. The molecular formula is C20H20N6O3. The highest BCUT2D eigenvalue weighted by Crippen LogP contribution is 2.31.